The number of hydrogen-bond donors (Lipinski definition) is 1. The number of fused-ring (bicyclic) bond motifs is 2. The van der Waals surface area contributed by atoms with Gasteiger partial charge in [0, 0.05) is 27.5 Å². The molecule has 2 amide bonds. The second kappa shape index (κ2) is 8.19. The second-order valence-electron chi connectivity index (χ2n) is 6.44. The second-order valence-corrected chi connectivity index (χ2v) is 7.96. The van der Waals surface area contributed by atoms with Gasteiger partial charge >= 0.3 is 0 Å². The van der Waals surface area contributed by atoms with Crippen LogP contribution in [0.15, 0.2) is 76.5 Å². The smallest absolute Gasteiger partial charge is 0.262 e. The van der Waals surface area contributed by atoms with Crippen LogP contribution in [0.25, 0.3) is 0 Å². The van der Waals surface area contributed by atoms with Crippen LogP contribution in [-0.4, -0.2) is 25.5 Å². The zero-order valence-corrected chi connectivity index (χ0v) is 17.1. The monoisotopic (exact) mass is 424 g/mol. The summed E-state index contributed by atoms with van der Waals surface area (Å²) in [6.45, 7) is -0.118. The number of carbonyl (C=O) groups excluding carboxylic acids is 2. The molecule has 0 saturated carbocycles. The Morgan fingerprint density at radius 1 is 1.07 bits per heavy atom. The molecule has 146 valence electrons. The fourth-order valence-corrected chi connectivity index (χ4v) is 4.24. The van der Waals surface area contributed by atoms with Crippen LogP contribution in [0, 0.1) is 0 Å². The number of ether oxygens (including phenoxy) is 1. The molecule has 0 unspecified atom stereocenters. The summed E-state index contributed by atoms with van der Waals surface area (Å²) in [4.78, 5) is 28.4. The van der Waals surface area contributed by atoms with Crippen molar-refractivity contribution in [1.29, 1.82) is 0 Å². The van der Waals surface area contributed by atoms with Gasteiger partial charge in [-0.15, -0.1) is 0 Å². The van der Waals surface area contributed by atoms with Gasteiger partial charge in [0.15, 0.2) is 6.61 Å². The highest BCUT2D eigenvalue weighted by Gasteiger charge is 2.24. The third-order valence-electron chi connectivity index (χ3n) is 4.43. The Balaban J connectivity index is 1.49. The molecule has 3 aromatic carbocycles. The third kappa shape index (κ3) is 4.23. The molecule has 1 aliphatic rings. The van der Waals surface area contributed by atoms with E-state index in [9.17, 15) is 9.59 Å². The van der Waals surface area contributed by atoms with Crippen molar-refractivity contribution < 1.29 is 14.3 Å². The summed E-state index contributed by atoms with van der Waals surface area (Å²) in [5.41, 5.74) is 2.10. The molecule has 29 heavy (non-hydrogen) atoms. The van der Waals surface area contributed by atoms with Gasteiger partial charge in [-0.25, -0.2) is 0 Å². The number of halogens is 1. The molecule has 0 radical (unpaired) electrons. The minimum absolute atomic E-state index is 0.0556. The van der Waals surface area contributed by atoms with Gasteiger partial charge in [-0.2, -0.15) is 0 Å². The van der Waals surface area contributed by atoms with Gasteiger partial charge in [-0.1, -0.05) is 35.5 Å². The van der Waals surface area contributed by atoms with Crippen molar-refractivity contribution in [3.63, 3.8) is 0 Å². The molecular weight excluding hydrogens is 408 g/mol. The van der Waals surface area contributed by atoms with E-state index in [0.717, 1.165) is 15.5 Å². The summed E-state index contributed by atoms with van der Waals surface area (Å²) in [5.74, 6) is 0.238. The quantitative estimate of drug-likeness (QED) is 0.633. The fourth-order valence-electron chi connectivity index (χ4n) is 2.97. The van der Waals surface area contributed by atoms with Crippen molar-refractivity contribution >= 4 is 46.6 Å². The standard InChI is InChI=1S/C22H17ClN2O3S/c1-25-18-11-8-15(24-21(26)13-28-16-9-6-14(23)7-10-16)12-20(18)29-19-5-3-2-4-17(19)22(25)27/h2-12H,13H2,1H3,(H,24,26). The molecule has 1 N–H and O–H groups in total. The number of anilines is 2. The Kier molecular flexibility index (Phi) is 5.47. The summed E-state index contributed by atoms with van der Waals surface area (Å²) in [6.07, 6.45) is 0. The maximum absolute atomic E-state index is 12.7. The van der Waals surface area contributed by atoms with Gasteiger partial charge in [0.25, 0.3) is 11.8 Å². The van der Waals surface area contributed by atoms with Crippen LogP contribution in [0.1, 0.15) is 10.4 Å². The number of carbonyl (C=O) groups is 2. The highest BCUT2D eigenvalue weighted by molar-refractivity contribution is 7.99. The highest BCUT2D eigenvalue weighted by Crippen LogP contribution is 2.41. The lowest BCUT2D eigenvalue weighted by molar-refractivity contribution is -0.118. The number of rotatable bonds is 4. The Morgan fingerprint density at radius 2 is 1.83 bits per heavy atom. The number of benzene rings is 3. The van der Waals surface area contributed by atoms with E-state index < -0.39 is 0 Å². The van der Waals surface area contributed by atoms with E-state index in [1.54, 1.807) is 42.3 Å². The van der Waals surface area contributed by atoms with E-state index in [4.69, 9.17) is 16.3 Å². The third-order valence-corrected chi connectivity index (χ3v) is 5.81. The summed E-state index contributed by atoms with van der Waals surface area (Å²) in [7, 11) is 1.75. The molecular formula is C22H17ClN2O3S. The van der Waals surface area contributed by atoms with E-state index in [2.05, 4.69) is 5.32 Å². The van der Waals surface area contributed by atoms with Crippen LogP contribution in [0.2, 0.25) is 5.02 Å². The van der Waals surface area contributed by atoms with Gasteiger partial charge in [0.1, 0.15) is 5.75 Å². The molecule has 0 aliphatic carbocycles. The van der Waals surface area contributed by atoms with Crippen molar-refractivity contribution in [2.24, 2.45) is 0 Å². The number of nitrogens with zero attached hydrogens (tertiary/aromatic N) is 1. The van der Waals surface area contributed by atoms with Gasteiger partial charge < -0.3 is 15.0 Å². The van der Waals surface area contributed by atoms with E-state index >= 15 is 0 Å². The summed E-state index contributed by atoms with van der Waals surface area (Å²) < 4.78 is 5.48. The molecule has 1 heterocycles. The molecule has 3 aromatic rings. The zero-order valence-electron chi connectivity index (χ0n) is 15.5. The van der Waals surface area contributed by atoms with E-state index in [-0.39, 0.29) is 18.4 Å². The van der Waals surface area contributed by atoms with Crippen LogP contribution in [0.3, 0.4) is 0 Å². The van der Waals surface area contributed by atoms with Crippen LogP contribution in [-0.2, 0) is 4.79 Å². The molecule has 1 aliphatic heterocycles. The van der Waals surface area contributed by atoms with Crippen LogP contribution in [0.4, 0.5) is 11.4 Å². The first-order chi connectivity index (χ1) is 14.0. The number of hydrogen-bond acceptors (Lipinski definition) is 4. The maximum Gasteiger partial charge on any atom is 0.262 e. The van der Waals surface area contributed by atoms with Crippen LogP contribution in [0.5, 0.6) is 5.75 Å². The van der Waals surface area contributed by atoms with Crippen LogP contribution >= 0.6 is 23.4 Å². The molecule has 0 fully saturated rings. The number of nitrogens with one attached hydrogen (secondary N) is 1. The lowest BCUT2D eigenvalue weighted by atomic mass is 10.2. The molecule has 0 atom stereocenters. The normalized spacial score (nSPS) is 12.6. The first kappa shape index (κ1) is 19.4. The predicted octanol–water partition coefficient (Wildman–Crippen LogP) is 5.10. The van der Waals surface area contributed by atoms with Gasteiger partial charge in [0.05, 0.1) is 11.3 Å². The minimum Gasteiger partial charge on any atom is -0.484 e. The van der Waals surface area contributed by atoms with E-state index in [0.29, 0.717) is 22.0 Å². The molecule has 0 spiro atoms. The van der Waals surface area contributed by atoms with E-state index in [1.165, 1.54) is 11.8 Å². The van der Waals surface area contributed by atoms with Crippen molar-refractivity contribution in [1.82, 2.24) is 0 Å². The average molecular weight is 425 g/mol. The molecule has 0 bridgehead atoms. The molecule has 7 heteroatoms. The predicted molar refractivity (Wildman–Crippen MR) is 115 cm³/mol. The molecule has 0 aromatic heterocycles. The van der Waals surface area contributed by atoms with Gasteiger partial charge in [-0.05, 0) is 54.6 Å². The number of amides is 2. The molecule has 0 saturated heterocycles. The lowest BCUT2D eigenvalue weighted by Crippen LogP contribution is -2.26. The minimum atomic E-state index is -0.275. The largest absolute Gasteiger partial charge is 0.484 e. The molecule has 4 rings (SSSR count). The Bertz CT molecular complexity index is 1090. The average Bonchev–Trinajstić information content (AvgIpc) is 2.82. The van der Waals surface area contributed by atoms with Crippen molar-refractivity contribution in [2.45, 2.75) is 9.79 Å². The summed E-state index contributed by atoms with van der Waals surface area (Å²) in [5, 5.41) is 3.44. The lowest BCUT2D eigenvalue weighted by Gasteiger charge is -2.18. The summed E-state index contributed by atoms with van der Waals surface area (Å²) >= 11 is 7.35. The van der Waals surface area contributed by atoms with Gasteiger partial charge in [0.2, 0.25) is 0 Å². The Labute approximate surface area is 177 Å². The maximum atomic E-state index is 12.7. The van der Waals surface area contributed by atoms with Gasteiger partial charge in [-0.3, -0.25) is 9.59 Å². The topological polar surface area (TPSA) is 58.6 Å². The highest BCUT2D eigenvalue weighted by atomic mass is 35.5. The van der Waals surface area contributed by atoms with Crippen molar-refractivity contribution in [3.8, 4) is 5.75 Å². The van der Waals surface area contributed by atoms with Crippen molar-refractivity contribution in [3.05, 3.63) is 77.3 Å². The Morgan fingerprint density at radius 3 is 2.62 bits per heavy atom. The van der Waals surface area contributed by atoms with E-state index in [1.807, 2.05) is 36.4 Å². The first-order valence-electron chi connectivity index (χ1n) is 8.88. The zero-order chi connectivity index (χ0) is 20.4. The first-order valence-corrected chi connectivity index (χ1v) is 10.1. The molecule has 5 nitrogen and oxygen atoms in total. The van der Waals surface area contributed by atoms with Crippen LogP contribution < -0.4 is 15.0 Å². The summed E-state index contributed by atoms with van der Waals surface area (Å²) in [6, 6.07) is 19.8. The Hall–Kier alpha value is -2.96. The SMILES string of the molecule is CN1C(=O)c2ccccc2Sc2cc(NC(=O)COc3ccc(Cl)cc3)ccc21. The van der Waals surface area contributed by atoms with Crippen molar-refractivity contribution in [2.75, 3.05) is 23.9 Å². The fraction of sp³-hybridized carbons (Fsp3) is 0.0909.